The Morgan fingerprint density at radius 2 is 2.00 bits per heavy atom. The Kier molecular flexibility index (Phi) is 4.92. The number of benzene rings is 1. The van der Waals surface area contributed by atoms with Gasteiger partial charge in [-0.25, -0.2) is 4.79 Å². The van der Waals surface area contributed by atoms with Crippen LogP contribution in [-0.2, 0) is 9.59 Å². The lowest BCUT2D eigenvalue weighted by molar-refractivity contribution is -0.150. The number of nitrogens with zero attached hydrogens (tertiary/aromatic N) is 1. The van der Waals surface area contributed by atoms with Crippen molar-refractivity contribution in [1.29, 1.82) is 0 Å². The van der Waals surface area contributed by atoms with Crippen LogP contribution < -0.4 is 9.47 Å². The fourth-order valence-corrected chi connectivity index (χ4v) is 3.95. The number of carbonyl (C=O) groups excluding carboxylic acids is 1. The molecule has 1 amide bonds. The SMILES string of the molecule is COc1cccc(OCC(=O)N2C(C(=O)O)CC3CCCCC32)c1. The summed E-state index contributed by atoms with van der Waals surface area (Å²) in [5.74, 6) is 0.324. The highest BCUT2D eigenvalue weighted by Gasteiger charge is 2.47. The number of methoxy groups -OCH3 is 1. The minimum atomic E-state index is -0.917. The number of aliphatic carboxylic acids is 1. The number of amides is 1. The van der Waals surface area contributed by atoms with E-state index in [9.17, 15) is 14.7 Å². The standard InChI is InChI=1S/C18H23NO5/c1-23-13-6-4-7-14(10-13)24-11-17(20)19-15-8-3-2-5-12(15)9-16(19)18(21)22/h4,6-7,10,12,15-16H,2-3,5,8-9,11H2,1H3,(H,21,22). The van der Waals surface area contributed by atoms with Gasteiger partial charge in [0.05, 0.1) is 7.11 Å². The van der Waals surface area contributed by atoms with Crippen molar-refractivity contribution in [3.05, 3.63) is 24.3 Å². The van der Waals surface area contributed by atoms with Gasteiger partial charge in [-0.1, -0.05) is 18.9 Å². The molecule has 2 aliphatic rings. The zero-order chi connectivity index (χ0) is 17.1. The number of hydrogen-bond donors (Lipinski definition) is 1. The molecule has 1 aliphatic heterocycles. The zero-order valence-electron chi connectivity index (χ0n) is 13.8. The van der Waals surface area contributed by atoms with Crippen molar-refractivity contribution in [3.63, 3.8) is 0 Å². The van der Waals surface area contributed by atoms with Crippen LogP contribution in [0, 0.1) is 5.92 Å². The largest absolute Gasteiger partial charge is 0.497 e. The highest BCUT2D eigenvalue weighted by molar-refractivity contribution is 5.85. The molecule has 3 rings (SSSR count). The summed E-state index contributed by atoms with van der Waals surface area (Å²) in [4.78, 5) is 25.8. The Morgan fingerprint density at radius 1 is 1.25 bits per heavy atom. The van der Waals surface area contributed by atoms with Crippen LogP contribution in [0.15, 0.2) is 24.3 Å². The molecule has 0 bridgehead atoms. The summed E-state index contributed by atoms with van der Waals surface area (Å²) >= 11 is 0. The Morgan fingerprint density at radius 3 is 2.75 bits per heavy atom. The molecule has 6 heteroatoms. The van der Waals surface area contributed by atoms with Crippen molar-refractivity contribution < 1.29 is 24.2 Å². The second-order valence-electron chi connectivity index (χ2n) is 6.47. The summed E-state index contributed by atoms with van der Waals surface area (Å²) in [6.45, 7) is -0.153. The summed E-state index contributed by atoms with van der Waals surface area (Å²) in [5, 5.41) is 9.48. The van der Waals surface area contributed by atoms with Crippen LogP contribution in [0.2, 0.25) is 0 Å². The molecule has 1 saturated heterocycles. The van der Waals surface area contributed by atoms with E-state index in [1.807, 2.05) is 0 Å². The number of carboxylic acid groups (broad SMARTS) is 1. The van der Waals surface area contributed by atoms with Gasteiger partial charge in [0, 0.05) is 12.1 Å². The average Bonchev–Trinajstić information content (AvgIpc) is 3.00. The summed E-state index contributed by atoms with van der Waals surface area (Å²) in [6.07, 6.45) is 4.63. The third kappa shape index (κ3) is 3.32. The van der Waals surface area contributed by atoms with E-state index in [-0.39, 0.29) is 18.6 Å². The normalized spacial score (nSPS) is 25.9. The first kappa shape index (κ1) is 16.6. The van der Waals surface area contributed by atoms with Crippen molar-refractivity contribution in [1.82, 2.24) is 4.90 Å². The van der Waals surface area contributed by atoms with Crippen molar-refractivity contribution in [3.8, 4) is 11.5 Å². The van der Waals surface area contributed by atoms with Gasteiger partial charge in [0.2, 0.25) is 0 Å². The molecule has 1 aliphatic carbocycles. The lowest BCUT2D eigenvalue weighted by atomic mass is 9.85. The molecule has 0 radical (unpaired) electrons. The topological polar surface area (TPSA) is 76.1 Å². The minimum absolute atomic E-state index is 0.0428. The van der Waals surface area contributed by atoms with Crippen molar-refractivity contribution in [2.45, 2.75) is 44.2 Å². The number of hydrogen-bond acceptors (Lipinski definition) is 4. The molecule has 2 fully saturated rings. The average molecular weight is 333 g/mol. The van der Waals surface area contributed by atoms with Gasteiger partial charge in [0.15, 0.2) is 6.61 Å². The molecular weight excluding hydrogens is 310 g/mol. The molecule has 1 aromatic carbocycles. The van der Waals surface area contributed by atoms with E-state index >= 15 is 0 Å². The van der Waals surface area contributed by atoms with Crippen LogP contribution in [0.25, 0.3) is 0 Å². The third-order valence-corrected chi connectivity index (χ3v) is 5.06. The van der Waals surface area contributed by atoms with E-state index in [0.717, 1.165) is 25.7 Å². The zero-order valence-corrected chi connectivity index (χ0v) is 13.8. The Balaban J connectivity index is 1.68. The summed E-state index contributed by atoms with van der Waals surface area (Å²) in [5.41, 5.74) is 0. The highest BCUT2D eigenvalue weighted by Crippen LogP contribution is 2.39. The minimum Gasteiger partial charge on any atom is -0.497 e. The van der Waals surface area contributed by atoms with Crippen molar-refractivity contribution in [2.75, 3.05) is 13.7 Å². The smallest absolute Gasteiger partial charge is 0.326 e. The summed E-state index contributed by atoms with van der Waals surface area (Å²) < 4.78 is 10.7. The first-order chi connectivity index (χ1) is 11.6. The summed E-state index contributed by atoms with van der Waals surface area (Å²) in [6, 6.07) is 6.35. The van der Waals surface area contributed by atoms with Gasteiger partial charge in [-0.3, -0.25) is 4.79 Å². The van der Waals surface area contributed by atoms with Crippen LogP contribution >= 0.6 is 0 Å². The third-order valence-electron chi connectivity index (χ3n) is 5.06. The van der Waals surface area contributed by atoms with E-state index < -0.39 is 12.0 Å². The van der Waals surface area contributed by atoms with Gasteiger partial charge in [0.1, 0.15) is 17.5 Å². The number of ether oxygens (including phenoxy) is 2. The molecule has 3 atom stereocenters. The molecule has 0 spiro atoms. The Labute approximate surface area is 141 Å². The molecule has 1 heterocycles. The summed E-state index contributed by atoms with van der Waals surface area (Å²) in [7, 11) is 1.56. The van der Waals surface area contributed by atoms with Crippen molar-refractivity contribution in [2.24, 2.45) is 5.92 Å². The fourth-order valence-electron chi connectivity index (χ4n) is 3.95. The van der Waals surface area contributed by atoms with E-state index in [1.54, 1.807) is 36.3 Å². The van der Waals surface area contributed by atoms with E-state index in [1.165, 1.54) is 0 Å². The van der Waals surface area contributed by atoms with Gasteiger partial charge < -0.3 is 19.5 Å². The fraction of sp³-hybridized carbons (Fsp3) is 0.556. The van der Waals surface area contributed by atoms with Gasteiger partial charge >= 0.3 is 5.97 Å². The highest BCUT2D eigenvalue weighted by atomic mass is 16.5. The van der Waals surface area contributed by atoms with E-state index in [0.29, 0.717) is 23.8 Å². The lowest BCUT2D eigenvalue weighted by Crippen LogP contribution is -2.48. The molecule has 6 nitrogen and oxygen atoms in total. The Hall–Kier alpha value is -2.24. The monoisotopic (exact) mass is 333 g/mol. The van der Waals surface area contributed by atoms with Crippen LogP contribution in [0.3, 0.4) is 0 Å². The second kappa shape index (κ2) is 7.11. The maximum Gasteiger partial charge on any atom is 0.326 e. The number of likely N-dealkylation sites (tertiary alicyclic amines) is 1. The number of carboxylic acids is 1. The number of rotatable bonds is 5. The van der Waals surface area contributed by atoms with Gasteiger partial charge in [-0.05, 0) is 37.3 Å². The van der Waals surface area contributed by atoms with Crippen LogP contribution in [0.1, 0.15) is 32.1 Å². The van der Waals surface area contributed by atoms with Crippen molar-refractivity contribution >= 4 is 11.9 Å². The second-order valence-corrected chi connectivity index (χ2v) is 6.47. The molecule has 24 heavy (non-hydrogen) atoms. The maximum absolute atomic E-state index is 12.6. The lowest BCUT2D eigenvalue weighted by Gasteiger charge is -2.32. The van der Waals surface area contributed by atoms with E-state index in [2.05, 4.69) is 0 Å². The predicted molar refractivity (Wildman–Crippen MR) is 87.1 cm³/mol. The van der Waals surface area contributed by atoms with Crippen LogP contribution in [0.4, 0.5) is 0 Å². The van der Waals surface area contributed by atoms with Gasteiger partial charge in [-0.15, -0.1) is 0 Å². The predicted octanol–water partition coefficient (Wildman–Crippen LogP) is 2.32. The van der Waals surface area contributed by atoms with Crippen LogP contribution in [-0.4, -0.2) is 47.7 Å². The van der Waals surface area contributed by atoms with Gasteiger partial charge in [-0.2, -0.15) is 0 Å². The van der Waals surface area contributed by atoms with Crippen LogP contribution in [0.5, 0.6) is 11.5 Å². The first-order valence-corrected chi connectivity index (χ1v) is 8.41. The molecule has 1 aromatic rings. The molecule has 1 saturated carbocycles. The molecule has 1 N–H and O–H groups in total. The molecule has 130 valence electrons. The quantitative estimate of drug-likeness (QED) is 0.895. The number of fused-ring (bicyclic) bond motifs is 1. The van der Waals surface area contributed by atoms with Gasteiger partial charge in [0.25, 0.3) is 5.91 Å². The molecular formula is C18H23NO5. The number of carbonyl (C=O) groups is 2. The molecule has 3 unspecified atom stereocenters. The first-order valence-electron chi connectivity index (χ1n) is 8.41. The molecule has 0 aromatic heterocycles. The van der Waals surface area contributed by atoms with E-state index in [4.69, 9.17) is 9.47 Å². The maximum atomic E-state index is 12.6. The Bertz CT molecular complexity index is 617.